The van der Waals surface area contributed by atoms with Gasteiger partial charge in [-0.15, -0.1) is 0 Å². The highest BCUT2D eigenvalue weighted by Gasteiger charge is 2.22. The van der Waals surface area contributed by atoms with Crippen LogP contribution in [0.3, 0.4) is 0 Å². The average Bonchev–Trinajstić information content (AvgIpc) is 2.41. The molecule has 1 saturated heterocycles. The van der Waals surface area contributed by atoms with Crippen LogP contribution in [-0.2, 0) is 4.79 Å². The van der Waals surface area contributed by atoms with Crippen LogP contribution >= 0.6 is 15.9 Å². The summed E-state index contributed by atoms with van der Waals surface area (Å²) in [6.07, 6.45) is 0. The molecule has 1 aliphatic heterocycles. The van der Waals surface area contributed by atoms with Crippen molar-refractivity contribution in [2.24, 2.45) is 0 Å². The van der Waals surface area contributed by atoms with Crippen molar-refractivity contribution in [1.29, 1.82) is 0 Å². The van der Waals surface area contributed by atoms with Gasteiger partial charge in [0.05, 0.1) is 12.2 Å². The lowest BCUT2D eigenvalue weighted by Crippen LogP contribution is -2.51. The zero-order valence-electron chi connectivity index (χ0n) is 10.9. The summed E-state index contributed by atoms with van der Waals surface area (Å²) in [7, 11) is 0. The van der Waals surface area contributed by atoms with Crippen molar-refractivity contribution < 1.29 is 14.7 Å². The molecular formula is C13H16BrN3O3. The third-order valence-corrected chi connectivity index (χ3v) is 3.83. The van der Waals surface area contributed by atoms with E-state index in [-0.39, 0.29) is 12.6 Å². The molecular weight excluding hydrogens is 326 g/mol. The fourth-order valence-electron chi connectivity index (χ4n) is 2.06. The second kappa shape index (κ2) is 6.71. The van der Waals surface area contributed by atoms with Crippen molar-refractivity contribution in [2.75, 3.05) is 38.0 Å². The Hall–Kier alpha value is -1.60. The Morgan fingerprint density at radius 3 is 2.45 bits per heavy atom. The smallest absolute Gasteiger partial charge is 0.321 e. The Labute approximate surface area is 125 Å². The van der Waals surface area contributed by atoms with Crippen LogP contribution in [0.25, 0.3) is 0 Å². The summed E-state index contributed by atoms with van der Waals surface area (Å²) in [6, 6.07) is 7.26. The molecule has 108 valence electrons. The Morgan fingerprint density at radius 2 is 1.85 bits per heavy atom. The first-order chi connectivity index (χ1) is 9.56. The van der Waals surface area contributed by atoms with Gasteiger partial charge < -0.3 is 15.3 Å². The molecule has 0 saturated carbocycles. The SMILES string of the molecule is O=C(O)CN1CCN(C(=O)Nc2ccccc2Br)CC1. The van der Waals surface area contributed by atoms with E-state index in [9.17, 15) is 9.59 Å². The van der Waals surface area contributed by atoms with Crippen molar-refractivity contribution in [3.8, 4) is 0 Å². The topological polar surface area (TPSA) is 72.9 Å². The van der Waals surface area contributed by atoms with E-state index >= 15 is 0 Å². The lowest BCUT2D eigenvalue weighted by Gasteiger charge is -2.33. The molecule has 2 amide bonds. The Kier molecular flexibility index (Phi) is 4.97. The number of para-hydroxylation sites is 1. The highest BCUT2D eigenvalue weighted by atomic mass is 79.9. The second-order valence-electron chi connectivity index (χ2n) is 4.57. The van der Waals surface area contributed by atoms with Gasteiger partial charge in [-0.3, -0.25) is 9.69 Å². The van der Waals surface area contributed by atoms with Gasteiger partial charge in [0.1, 0.15) is 0 Å². The number of carbonyl (C=O) groups is 2. The molecule has 6 nitrogen and oxygen atoms in total. The van der Waals surface area contributed by atoms with Crippen molar-refractivity contribution in [1.82, 2.24) is 9.80 Å². The van der Waals surface area contributed by atoms with Crippen LogP contribution in [0.2, 0.25) is 0 Å². The van der Waals surface area contributed by atoms with Gasteiger partial charge in [0.2, 0.25) is 0 Å². The van der Waals surface area contributed by atoms with Gasteiger partial charge in [0, 0.05) is 30.7 Å². The molecule has 0 aliphatic carbocycles. The number of nitrogens with one attached hydrogen (secondary N) is 1. The van der Waals surface area contributed by atoms with Gasteiger partial charge in [0.25, 0.3) is 0 Å². The number of carbonyl (C=O) groups excluding carboxylic acids is 1. The molecule has 0 unspecified atom stereocenters. The number of halogens is 1. The van der Waals surface area contributed by atoms with Crippen LogP contribution < -0.4 is 5.32 Å². The molecule has 1 aromatic rings. The summed E-state index contributed by atoms with van der Waals surface area (Å²) >= 11 is 3.38. The molecule has 20 heavy (non-hydrogen) atoms. The summed E-state index contributed by atoms with van der Waals surface area (Å²) in [6.45, 7) is 2.25. The van der Waals surface area contributed by atoms with Crippen molar-refractivity contribution in [3.05, 3.63) is 28.7 Å². The molecule has 1 aliphatic rings. The third-order valence-electron chi connectivity index (χ3n) is 3.13. The van der Waals surface area contributed by atoms with E-state index in [4.69, 9.17) is 5.11 Å². The minimum absolute atomic E-state index is 0.0275. The Morgan fingerprint density at radius 1 is 1.20 bits per heavy atom. The highest BCUT2D eigenvalue weighted by Crippen LogP contribution is 2.21. The number of hydrogen-bond acceptors (Lipinski definition) is 3. The van der Waals surface area contributed by atoms with Crippen LogP contribution in [0.1, 0.15) is 0 Å². The van der Waals surface area contributed by atoms with Gasteiger partial charge in [-0.1, -0.05) is 12.1 Å². The first-order valence-corrected chi connectivity index (χ1v) is 7.10. The number of benzene rings is 1. The van der Waals surface area contributed by atoms with Gasteiger partial charge in [-0.2, -0.15) is 0 Å². The van der Waals surface area contributed by atoms with E-state index in [1.54, 1.807) is 4.90 Å². The number of rotatable bonds is 3. The number of carboxylic acid groups (broad SMARTS) is 1. The summed E-state index contributed by atoms with van der Waals surface area (Å²) < 4.78 is 0.831. The highest BCUT2D eigenvalue weighted by molar-refractivity contribution is 9.10. The van der Waals surface area contributed by atoms with E-state index in [1.165, 1.54) is 0 Å². The molecule has 0 radical (unpaired) electrons. The van der Waals surface area contributed by atoms with E-state index in [0.29, 0.717) is 26.2 Å². The predicted molar refractivity (Wildman–Crippen MR) is 78.8 cm³/mol. The van der Waals surface area contributed by atoms with Gasteiger partial charge >= 0.3 is 12.0 Å². The maximum atomic E-state index is 12.1. The standard InChI is InChI=1S/C13H16BrN3O3/c14-10-3-1-2-4-11(10)15-13(20)17-7-5-16(6-8-17)9-12(18)19/h1-4H,5-9H2,(H,15,20)(H,18,19). The number of hydrogen-bond donors (Lipinski definition) is 2. The molecule has 7 heteroatoms. The van der Waals surface area contributed by atoms with E-state index in [1.807, 2.05) is 29.2 Å². The molecule has 1 fully saturated rings. The Balaban J connectivity index is 1.86. The summed E-state index contributed by atoms with van der Waals surface area (Å²) in [5, 5.41) is 11.6. The van der Waals surface area contributed by atoms with Crippen LogP contribution in [0, 0.1) is 0 Å². The maximum Gasteiger partial charge on any atom is 0.321 e. The number of piperazine rings is 1. The second-order valence-corrected chi connectivity index (χ2v) is 5.42. The van der Waals surface area contributed by atoms with E-state index in [0.717, 1.165) is 10.2 Å². The minimum Gasteiger partial charge on any atom is -0.480 e. The first kappa shape index (κ1) is 14.8. The monoisotopic (exact) mass is 341 g/mol. The number of nitrogens with zero attached hydrogens (tertiary/aromatic N) is 2. The van der Waals surface area contributed by atoms with Crippen molar-refractivity contribution >= 4 is 33.6 Å². The fraction of sp³-hybridized carbons (Fsp3) is 0.385. The predicted octanol–water partition coefficient (Wildman–Crippen LogP) is 1.68. The van der Waals surface area contributed by atoms with Crippen molar-refractivity contribution in [2.45, 2.75) is 0 Å². The lowest BCUT2D eigenvalue weighted by atomic mass is 10.3. The molecule has 0 aromatic heterocycles. The average molecular weight is 342 g/mol. The van der Waals surface area contributed by atoms with Gasteiger partial charge in [0.15, 0.2) is 0 Å². The van der Waals surface area contributed by atoms with Crippen molar-refractivity contribution in [3.63, 3.8) is 0 Å². The quantitative estimate of drug-likeness (QED) is 0.877. The third kappa shape index (κ3) is 3.94. The lowest BCUT2D eigenvalue weighted by molar-refractivity contribution is -0.138. The zero-order chi connectivity index (χ0) is 14.5. The summed E-state index contributed by atoms with van der Waals surface area (Å²) in [5.41, 5.74) is 0.727. The molecule has 0 spiro atoms. The largest absolute Gasteiger partial charge is 0.480 e. The van der Waals surface area contributed by atoms with Crippen LogP contribution in [0.5, 0.6) is 0 Å². The number of aliphatic carboxylic acids is 1. The fourth-order valence-corrected chi connectivity index (χ4v) is 2.44. The number of urea groups is 1. The first-order valence-electron chi connectivity index (χ1n) is 6.31. The summed E-state index contributed by atoms with van der Waals surface area (Å²) in [5.74, 6) is -0.837. The molecule has 1 aromatic carbocycles. The number of amides is 2. The Bertz CT molecular complexity index is 501. The van der Waals surface area contributed by atoms with E-state index in [2.05, 4.69) is 21.2 Å². The number of anilines is 1. The minimum atomic E-state index is -0.837. The number of carboxylic acids is 1. The maximum absolute atomic E-state index is 12.1. The molecule has 0 atom stereocenters. The molecule has 0 bridgehead atoms. The van der Waals surface area contributed by atoms with Crippen LogP contribution in [0.4, 0.5) is 10.5 Å². The molecule has 1 heterocycles. The van der Waals surface area contributed by atoms with Gasteiger partial charge in [-0.05, 0) is 28.1 Å². The van der Waals surface area contributed by atoms with Gasteiger partial charge in [-0.25, -0.2) is 4.79 Å². The van der Waals surface area contributed by atoms with E-state index < -0.39 is 5.97 Å². The zero-order valence-corrected chi connectivity index (χ0v) is 12.5. The molecule has 2 N–H and O–H groups in total. The normalized spacial score (nSPS) is 15.9. The summed E-state index contributed by atoms with van der Waals surface area (Å²) in [4.78, 5) is 26.2. The van der Waals surface area contributed by atoms with Crippen LogP contribution in [0.15, 0.2) is 28.7 Å². The van der Waals surface area contributed by atoms with Crippen LogP contribution in [-0.4, -0.2) is 59.6 Å². The molecule has 2 rings (SSSR count).